The summed E-state index contributed by atoms with van der Waals surface area (Å²) in [7, 11) is 3.47. The van der Waals surface area contributed by atoms with Gasteiger partial charge in [0.25, 0.3) is 0 Å². The highest BCUT2D eigenvalue weighted by Gasteiger charge is 2.21. The molecule has 32 heavy (non-hydrogen) atoms. The Labute approximate surface area is 209 Å². The van der Waals surface area contributed by atoms with Gasteiger partial charge in [-0.1, -0.05) is 12.1 Å². The molecular weight excluding hydrogens is 521 g/mol. The summed E-state index contributed by atoms with van der Waals surface area (Å²) in [6, 6.07) is 6.02. The van der Waals surface area contributed by atoms with Crippen molar-refractivity contribution in [3.63, 3.8) is 0 Å². The number of benzene rings is 1. The molecule has 0 spiro atoms. The first-order valence-corrected chi connectivity index (χ1v) is 11.4. The molecule has 1 saturated heterocycles. The van der Waals surface area contributed by atoms with E-state index < -0.39 is 0 Å². The first-order valence-electron chi connectivity index (χ1n) is 11.4. The number of carbonyl (C=O) groups excluding carboxylic acids is 1. The van der Waals surface area contributed by atoms with Gasteiger partial charge in [0.15, 0.2) is 17.5 Å². The van der Waals surface area contributed by atoms with Crippen LogP contribution in [0.1, 0.15) is 38.2 Å². The average molecular weight is 559 g/mol. The molecule has 2 N–H and O–H groups in total. The molecule has 0 aromatic heterocycles. The van der Waals surface area contributed by atoms with Gasteiger partial charge >= 0.3 is 0 Å². The zero-order valence-electron chi connectivity index (χ0n) is 19.6. The number of aliphatic imine (C=N–C) groups is 1. The number of piperazine rings is 1. The minimum absolute atomic E-state index is 0. The van der Waals surface area contributed by atoms with Crippen LogP contribution in [0.15, 0.2) is 23.2 Å². The Morgan fingerprint density at radius 1 is 1.16 bits per heavy atom. The fraction of sp³-hybridized carbons (Fsp3) is 0.652. The number of ether oxygens (including phenoxy) is 2. The van der Waals surface area contributed by atoms with Gasteiger partial charge in [-0.2, -0.15) is 0 Å². The molecule has 1 amide bonds. The lowest BCUT2D eigenvalue weighted by molar-refractivity contribution is -0.130. The lowest BCUT2D eigenvalue weighted by Crippen LogP contribution is -2.50. The van der Waals surface area contributed by atoms with Crippen LogP contribution in [-0.2, 0) is 11.3 Å². The molecule has 1 aromatic carbocycles. The monoisotopic (exact) mass is 559 g/mol. The smallest absolute Gasteiger partial charge is 0.219 e. The molecule has 9 heteroatoms. The molecule has 1 aliphatic carbocycles. The summed E-state index contributed by atoms with van der Waals surface area (Å²) in [5.41, 5.74) is 1.06. The van der Waals surface area contributed by atoms with Crippen molar-refractivity contribution in [2.45, 2.75) is 45.3 Å². The highest BCUT2D eigenvalue weighted by atomic mass is 127. The van der Waals surface area contributed by atoms with Gasteiger partial charge in [-0.25, -0.2) is 0 Å². The van der Waals surface area contributed by atoms with Gasteiger partial charge in [0.1, 0.15) is 0 Å². The van der Waals surface area contributed by atoms with Gasteiger partial charge in [-0.3, -0.25) is 14.7 Å². The summed E-state index contributed by atoms with van der Waals surface area (Å²) < 4.78 is 11.9. The number of guanidine groups is 1. The maximum Gasteiger partial charge on any atom is 0.219 e. The van der Waals surface area contributed by atoms with Crippen molar-refractivity contribution in [1.82, 2.24) is 20.4 Å². The molecule has 1 heterocycles. The maximum absolute atomic E-state index is 11.5. The van der Waals surface area contributed by atoms with E-state index in [0.29, 0.717) is 6.54 Å². The largest absolute Gasteiger partial charge is 0.493 e. The summed E-state index contributed by atoms with van der Waals surface area (Å²) in [6.07, 6.45) is 4.95. The fourth-order valence-electron chi connectivity index (χ4n) is 4.19. The molecule has 0 bridgehead atoms. The van der Waals surface area contributed by atoms with E-state index in [2.05, 4.69) is 26.6 Å². The highest BCUT2D eigenvalue weighted by Crippen LogP contribution is 2.34. The molecule has 1 saturated carbocycles. The van der Waals surface area contributed by atoms with Gasteiger partial charge in [-0.15, -0.1) is 24.0 Å². The Hall–Kier alpha value is -1.75. The second-order valence-corrected chi connectivity index (χ2v) is 8.17. The average Bonchev–Trinajstić information content (AvgIpc) is 3.30. The molecule has 0 unspecified atom stereocenters. The number of methoxy groups -OCH3 is 1. The van der Waals surface area contributed by atoms with Crippen LogP contribution in [0.4, 0.5) is 0 Å². The lowest BCUT2D eigenvalue weighted by Gasteiger charge is -2.34. The molecule has 180 valence electrons. The number of nitrogens with one attached hydrogen (secondary N) is 2. The molecule has 1 aliphatic heterocycles. The zero-order chi connectivity index (χ0) is 22.1. The zero-order valence-corrected chi connectivity index (χ0v) is 21.9. The lowest BCUT2D eigenvalue weighted by atomic mass is 10.1. The van der Waals surface area contributed by atoms with Crippen molar-refractivity contribution in [3.8, 4) is 11.5 Å². The molecule has 1 aromatic rings. The number of halogens is 1. The number of amides is 1. The minimum Gasteiger partial charge on any atom is -0.493 e. The summed E-state index contributed by atoms with van der Waals surface area (Å²) in [5, 5.41) is 6.78. The minimum atomic E-state index is 0. The predicted octanol–water partition coefficient (Wildman–Crippen LogP) is 2.46. The van der Waals surface area contributed by atoms with Crippen LogP contribution < -0.4 is 20.1 Å². The van der Waals surface area contributed by atoms with Crippen LogP contribution >= 0.6 is 24.0 Å². The summed E-state index contributed by atoms with van der Waals surface area (Å²) in [4.78, 5) is 20.1. The van der Waals surface area contributed by atoms with Gasteiger partial charge < -0.3 is 25.0 Å². The third-order valence-electron chi connectivity index (χ3n) is 6.08. The van der Waals surface area contributed by atoms with Crippen LogP contribution in [-0.4, -0.2) is 81.2 Å². The van der Waals surface area contributed by atoms with Crippen molar-refractivity contribution in [3.05, 3.63) is 23.8 Å². The third-order valence-corrected chi connectivity index (χ3v) is 6.08. The van der Waals surface area contributed by atoms with Crippen molar-refractivity contribution in [2.24, 2.45) is 4.99 Å². The number of rotatable bonds is 8. The Morgan fingerprint density at radius 2 is 1.88 bits per heavy atom. The summed E-state index contributed by atoms with van der Waals surface area (Å²) in [6.45, 7) is 7.41. The van der Waals surface area contributed by atoms with Crippen molar-refractivity contribution >= 4 is 35.8 Å². The Morgan fingerprint density at radius 3 is 2.50 bits per heavy atom. The van der Waals surface area contributed by atoms with Crippen molar-refractivity contribution < 1.29 is 14.3 Å². The molecule has 0 atom stereocenters. The number of para-hydroxylation sites is 1. The first-order chi connectivity index (χ1) is 15.1. The molecule has 2 aliphatic rings. The van der Waals surface area contributed by atoms with Crippen LogP contribution in [0.25, 0.3) is 0 Å². The van der Waals surface area contributed by atoms with E-state index in [9.17, 15) is 4.79 Å². The van der Waals surface area contributed by atoms with Gasteiger partial charge in [0.05, 0.1) is 13.2 Å². The van der Waals surface area contributed by atoms with Gasteiger partial charge in [0.2, 0.25) is 5.91 Å². The molecule has 0 radical (unpaired) electrons. The Balaban J connectivity index is 0.00000363. The number of hydrogen-bond acceptors (Lipinski definition) is 5. The van der Waals surface area contributed by atoms with Gasteiger partial charge in [0, 0.05) is 65.3 Å². The number of nitrogens with zero attached hydrogens (tertiary/aromatic N) is 3. The summed E-state index contributed by atoms with van der Waals surface area (Å²) in [5.74, 6) is 2.54. The van der Waals surface area contributed by atoms with E-state index >= 15 is 0 Å². The van der Waals surface area contributed by atoms with Crippen LogP contribution in [0.3, 0.4) is 0 Å². The normalized spacial score (nSPS) is 17.6. The van der Waals surface area contributed by atoms with E-state index in [-0.39, 0.29) is 36.0 Å². The third kappa shape index (κ3) is 7.68. The first kappa shape index (κ1) is 26.5. The standard InChI is InChI=1S/C23H37N5O3.HI/c1-18(29)28-15-13-27(14-16-28)12-11-25-23(24-2)26-17-19-7-6-10-21(30-3)22(19)31-20-8-4-5-9-20;/h6-7,10,20H,4-5,8-9,11-17H2,1-3H3,(H2,24,25,26);1H. The van der Waals surface area contributed by atoms with E-state index in [1.54, 1.807) is 21.1 Å². The number of hydrogen-bond donors (Lipinski definition) is 2. The van der Waals surface area contributed by atoms with E-state index in [1.165, 1.54) is 12.8 Å². The topological polar surface area (TPSA) is 78.4 Å². The van der Waals surface area contributed by atoms with E-state index in [1.807, 2.05) is 17.0 Å². The molecule has 3 rings (SSSR count). The van der Waals surface area contributed by atoms with E-state index in [0.717, 1.165) is 75.1 Å². The fourth-order valence-corrected chi connectivity index (χ4v) is 4.19. The molecule has 8 nitrogen and oxygen atoms in total. The quantitative estimate of drug-likeness (QED) is 0.290. The maximum atomic E-state index is 11.5. The van der Waals surface area contributed by atoms with Crippen LogP contribution in [0, 0.1) is 0 Å². The predicted molar refractivity (Wildman–Crippen MR) is 138 cm³/mol. The van der Waals surface area contributed by atoms with Gasteiger partial charge in [-0.05, 0) is 31.7 Å². The van der Waals surface area contributed by atoms with Crippen molar-refractivity contribution in [1.29, 1.82) is 0 Å². The summed E-state index contributed by atoms with van der Waals surface area (Å²) >= 11 is 0. The second kappa shape index (κ2) is 13.7. The second-order valence-electron chi connectivity index (χ2n) is 8.17. The number of carbonyl (C=O) groups is 1. The van der Waals surface area contributed by atoms with E-state index in [4.69, 9.17) is 9.47 Å². The van der Waals surface area contributed by atoms with Crippen LogP contribution in [0.2, 0.25) is 0 Å². The molecule has 2 fully saturated rings. The Bertz CT molecular complexity index is 747. The molecular formula is C23H38IN5O3. The SMILES string of the molecule is CN=C(NCCN1CCN(C(C)=O)CC1)NCc1cccc(OC)c1OC1CCCC1.I. The highest BCUT2D eigenvalue weighted by molar-refractivity contribution is 14.0. The van der Waals surface area contributed by atoms with Crippen LogP contribution in [0.5, 0.6) is 11.5 Å². The van der Waals surface area contributed by atoms with Crippen molar-refractivity contribution in [2.75, 3.05) is 53.4 Å². The Kier molecular flexibility index (Phi) is 11.4.